The normalized spacial score (nSPS) is 11.8. The second kappa shape index (κ2) is 10.2. The molecule has 176 valence electrons. The van der Waals surface area contributed by atoms with E-state index in [2.05, 4.69) is 10.6 Å². The highest BCUT2D eigenvalue weighted by molar-refractivity contribution is 6.01. The van der Waals surface area contributed by atoms with Crippen molar-refractivity contribution in [2.45, 2.75) is 13.1 Å². The molecule has 35 heavy (non-hydrogen) atoms. The van der Waals surface area contributed by atoms with Crippen molar-refractivity contribution in [2.75, 3.05) is 13.4 Å². The summed E-state index contributed by atoms with van der Waals surface area (Å²) in [7, 11) is 0. The third-order valence-electron chi connectivity index (χ3n) is 5.67. The molecule has 0 aromatic heterocycles. The van der Waals surface area contributed by atoms with Gasteiger partial charge in [-0.15, -0.1) is 0 Å². The monoisotopic (exact) mass is 468 g/mol. The van der Waals surface area contributed by atoms with E-state index in [1.54, 1.807) is 12.1 Å². The molecule has 1 heterocycles. The minimum atomic E-state index is -0.300. The molecule has 0 saturated heterocycles. The Balaban J connectivity index is 1.25. The zero-order valence-electron chi connectivity index (χ0n) is 19.0. The van der Waals surface area contributed by atoms with Crippen molar-refractivity contribution in [1.82, 2.24) is 10.6 Å². The summed E-state index contributed by atoms with van der Waals surface area (Å²) in [6.45, 7) is 0.691. The van der Waals surface area contributed by atoms with Gasteiger partial charge in [-0.2, -0.15) is 0 Å². The van der Waals surface area contributed by atoms with Gasteiger partial charge in [0.2, 0.25) is 6.79 Å². The first kappa shape index (κ1) is 22.3. The second-order valence-corrected chi connectivity index (χ2v) is 8.12. The summed E-state index contributed by atoms with van der Waals surface area (Å²) >= 11 is 0. The average Bonchev–Trinajstić information content (AvgIpc) is 3.37. The minimum absolute atomic E-state index is 0.200. The standard InChI is InChI=1S/C28H24N2O5/c31-27(29-16-20-10-11-24-26(12-20)35-18-34-24)17-33-25-14-22-9-5-4-8-21(22)13-23(25)28(32)30-15-19-6-2-1-3-7-19/h1-14H,15-18H2,(H,29,31)(H,30,32). The Morgan fingerprint density at radius 1 is 0.743 bits per heavy atom. The molecule has 0 aliphatic carbocycles. The SMILES string of the molecule is O=C(COc1cc2ccccc2cc1C(=O)NCc1ccccc1)NCc1ccc2c(c1)OCO2. The molecule has 0 unspecified atom stereocenters. The van der Waals surface area contributed by atoms with Crippen molar-refractivity contribution in [3.63, 3.8) is 0 Å². The fraction of sp³-hybridized carbons (Fsp3) is 0.143. The number of ether oxygens (including phenoxy) is 3. The fourth-order valence-corrected chi connectivity index (χ4v) is 3.84. The Morgan fingerprint density at radius 2 is 1.46 bits per heavy atom. The molecule has 0 bridgehead atoms. The van der Waals surface area contributed by atoms with Gasteiger partial charge in [0, 0.05) is 13.1 Å². The molecule has 5 rings (SSSR count). The number of carbonyl (C=O) groups is 2. The molecule has 2 amide bonds. The van der Waals surface area contributed by atoms with Crippen LogP contribution in [0.3, 0.4) is 0 Å². The third-order valence-corrected chi connectivity index (χ3v) is 5.67. The first-order valence-corrected chi connectivity index (χ1v) is 11.3. The van der Waals surface area contributed by atoms with Crippen LogP contribution in [-0.4, -0.2) is 25.2 Å². The van der Waals surface area contributed by atoms with Gasteiger partial charge < -0.3 is 24.8 Å². The van der Waals surface area contributed by atoms with E-state index in [1.807, 2.05) is 72.8 Å². The Labute approximate surface area is 202 Å². The number of nitrogens with one attached hydrogen (secondary N) is 2. The van der Waals surface area contributed by atoms with Crippen LogP contribution in [0.2, 0.25) is 0 Å². The van der Waals surface area contributed by atoms with Crippen molar-refractivity contribution in [3.8, 4) is 17.2 Å². The molecule has 7 heteroatoms. The maximum absolute atomic E-state index is 13.0. The number of benzene rings is 4. The van der Waals surface area contributed by atoms with Gasteiger partial charge in [0.05, 0.1) is 5.56 Å². The van der Waals surface area contributed by atoms with E-state index < -0.39 is 0 Å². The highest BCUT2D eigenvalue weighted by Gasteiger charge is 2.16. The van der Waals surface area contributed by atoms with E-state index >= 15 is 0 Å². The Hall–Kier alpha value is -4.52. The summed E-state index contributed by atoms with van der Waals surface area (Å²) < 4.78 is 16.5. The molecule has 0 spiro atoms. The van der Waals surface area contributed by atoms with Crippen LogP contribution in [-0.2, 0) is 17.9 Å². The summed E-state index contributed by atoms with van der Waals surface area (Å²) in [5.74, 6) is 1.14. The lowest BCUT2D eigenvalue weighted by atomic mass is 10.1. The van der Waals surface area contributed by atoms with Crippen LogP contribution in [0.5, 0.6) is 17.2 Å². The van der Waals surface area contributed by atoms with E-state index in [0.717, 1.165) is 21.9 Å². The van der Waals surface area contributed by atoms with Crippen LogP contribution in [0.25, 0.3) is 10.8 Å². The van der Waals surface area contributed by atoms with Crippen molar-refractivity contribution in [1.29, 1.82) is 0 Å². The van der Waals surface area contributed by atoms with Gasteiger partial charge in [-0.3, -0.25) is 9.59 Å². The summed E-state index contributed by atoms with van der Waals surface area (Å²) in [5.41, 5.74) is 2.25. The largest absolute Gasteiger partial charge is 0.483 e. The van der Waals surface area contributed by atoms with Gasteiger partial charge in [-0.05, 0) is 46.2 Å². The summed E-state index contributed by atoms with van der Waals surface area (Å²) in [4.78, 5) is 25.5. The van der Waals surface area contributed by atoms with E-state index in [0.29, 0.717) is 35.9 Å². The van der Waals surface area contributed by atoms with Crippen LogP contribution < -0.4 is 24.8 Å². The third kappa shape index (κ3) is 5.35. The summed E-state index contributed by atoms with van der Waals surface area (Å²) in [6, 6.07) is 26.5. The van der Waals surface area contributed by atoms with Crippen LogP contribution >= 0.6 is 0 Å². The van der Waals surface area contributed by atoms with E-state index in [-0.39, 0.29) is 25.2 Å². The molecule has 2 N–H and O–H groups in total. The first-order chi connectivity index (χ1) is 17.2. The van der Waals surface area contributed by atoms with Gasteiger partial charge in [0.15, 0.2) is 18.1 Å². The lowest BCUT2D eigenvalue weighted by Gasteiger charge is -2.14. The lowest BCUT2D eigenvalue weighted by Crippen LogP contribution is -2.29. The maximum Gasteiger partial charge on any atom is 0.258 e. The Morgan fingerprint density at radius 3 is 2.29 bits per heavy atom. The predicted molar refractivity (Wildman–Crippen MR) is 131 cm³/mol. The van der Waals surface area contributed by atoms with Crippen molar-refractivity contribution >= 4 is 22.6 Å². The first-order valence-electron chi connectivity index (χ1n) is 11.3. The number of amides is 2. The topological polar surface area (TPSA) is 85.9 Å². The lowest BCUT2D eigenvalue weighted by molar-refractivity contribution is -0.123. The molecule has 7 nitrogen and oxygen atoms in total. The number of rotatable bonds is 8. The van der Waals surface area contributed by atoms with Gasteiger partial charge >= 0.3 is 0 Å². The van der Waals surface area contributed by atoms with Crippen molar-refractivity contribution < 1.29 is 23.8 Å². The number of hydrogen-bond donors (Lipinski definition) is 2. The molecule has 0 atom stereocenters. The van der Waals surface area contributed by atoms with Crippen molar-refractivity contribution in [3.05, 3.63) is 102 Å². The minimum Gasteiger partial charge on any atom is -0.483 e. The molecule has 0 saturated carbocycles. The number of hydrogen-bond acceptors (Lipinski definition) is 5. The molecule has 1 aliphatic heterocycles. The quantitative estimate of drug-likeness (QED) is 0.405. The predicted octanol–water partition coefficient (Wildman–Crippen LogP) is 4.19. The van der Waals surface area contributed by atoms with Gasteiger partial charge in [-0.25, -0.2) is 0 Å². The summed E-state index contributed by atoms with van der Waals surface area (Å²) in [6.07, 6.45) is 0. The van der Waals surface area contributed by atoms with Crippen LogP contribution in [0.4, 0.5) is 0 Å². The van der Waals surface area contributed by atoms with E-state index in [1.165, 1.54) is 0 Å². The molecule has 4 aromatic rings. The van der Waals surface area contributed by atoms with Crippen LogP contribution in [0, 0.1) is 0 Å². The molecule has 0 fully saturated rings. The second-order valence-electron chi connectivity index (χ2n) is 8.12. The number of carbonyl (C=O) groups excluding carboxylic acids is 2. The fourth-order valence-electron chi connectivity index (χ4n) is 3.84. The van der Waals surface area contributed by atoms with Crippen molar-refractivity contribution in [2.24, 2.45) is 0 Å². The van der Waals surface area contributed by atoms with E-state index in [9.17, 15) is 9.59 Å². The molecular formula is C28H24N2O5. The highest BCUT2D eigenvalue weighted by Crippen LogP contribution is 2.32. The van der Waals surface area contributed by atoms with Crippen LogP contribution in [0.15, 0.2) is 84.9 Å². The average molecular weight is 469 g/mol. The van der Waals surface area contributed by atoms with Crippen LogP contribution in [0.1, 0.15) is 21.5 Å². The zero-order valence-corrected chi connectivity index (χ0v) is 19.0. The van der Waals surface area contributed by atoms with Gasteiger partial charge in [0.25, 0.3) is 11.8 Å². The molecular weight excluding hydrogens is 444 g/mol. The maximum atomic E-state index is 13.0. The van der Waals surface area contributed by atoms with E-state index in [4.69, 9.17) is 14.2 Å². The highest BCUT2D eigenvalue weighted by atomic mass is 16.7. The number of fused-ring (bicyclic) bond motifs is 2. The molecule has 1 aliphatic rings. The van der Waals surface area contributed by atoms with Gasteiger partial charge in [0.1, 0.15) is 5.75 Å². The Kier molecular flexibility index (Phi) is 6.48. The summed E-state index contributed by atoms with van der Waals surface area (Å²) in [5, 5.41) is 7.60. The van der Waals surface area contributed by atoms with Gasteiger partial charge in [-0.1, -0.05) is 60.7 Å². The zero-order chi connectivity index (χ0) is 24.0. The molecule has 0 radical (unpaired) electrons. The smallest absolute Gasteiger partial charge is 0.258 e. The molecule has 4 aromatic carbocycles. The Bertz CT molecular complexity index is 1370.